The first-order valence-electron chi connectivity index (χ1n) is 6.78. The summed E-state index contributed by atoms with van der Waals surface area (Å²) in [4.78, 5) is 0. The summed E-state index contributed by atoms with van der Waals surface area (Å²) in [5, 5.41) is 0. The number of benzene rings is 1. The third-order valence-electron chi connectivity index (χ3n) is 3.83. The maximum Gasteiger partial charge on any atom is 0.123 e. The second-order valence-electron chi connectivity index (χ2n) is 5.31. The lowest BCUT2D eigenvalue weighted by Gasteiger charge is -2.26. The van der Waals surface area contributed by atoms with Gasteiger partial charge in [0.2, 0.25) is 0 Å². The van der Waals surface area contributed by atoms with Gasteiger partial charge < -0.3 is 10.5 Å². The number of ether oxygens (including phenoxy) is 1. The zero-order valence-corrected chi connectivity index (χ0v) is 11.0. The maximum atomic E-state index is 13.2. The Balaban J connectivity index is 1.91. The van der Waals surface area contributed by atoms with E-state index in [0.29, 0.717) is 19.3 Å². The van der Waals surface area contributed by atoms with Gasteiger partial charge in [0.1, 0.15) is 5.82 Å². The van der Waals surface area contributed by atoms with E-state index in [1.807, 2.05) is 0 Å². The Kier molecular flexibility index (Phi) is 4.72. The molecule has 2 N–H and O–H groups in total. The molecule has 1 aromatic rings. The fourth-order valence-electron chi connectivity index (χ4n) is 2.53. The average Bonchev–Trinajstić information content (AvgIpc) is 2.38. The molecule has 2 nitrogen and oxygen atoms in total. The lowest BCUT2D eigenvalue weighted by atomic mass is 9.89. The van der Waals surface area contributed by atoms with Gasteiger partial charge in [-0.15, -0.1) is 0 Å². The minimum Gasteiger partial charge on any atom is -0.374 e. The van der Waals surface area contributed by atoms with Crippen LogP contribution in [0.15, 0.2) is 18.2 Å². The molecule has 0 spiro atoms. The molecule has 3 heteroatoms. The summed E-state index contributed by atoms with van der Waals surface area (Å²) in [5.74, 6) is 0.599. The van der Waals surface area contributed by atoms with Crippen LogP contribution in [0.1, 0.15) is 43.7 Å². The second kappa shape index (κ2) is 6.30. The number of hydrogen-bond donors (Lipinski definition) is 1. The van der Waals surface area contributed by atoms with Crippen molar-refractivity contribution in [1.29, 1.82) is 0 Å². The largest absolute Gasteiger partial charge is 0.374 e. The summed E-state index contributed by atoms with van der Waals surface area (Å²) in [6, 6.07) is 4.73. The second-order valence-corrected chi connectivity index (χ2v) is 5.31. The number of halogens is 1. The van der Waals surface area contributed by atoms with E-state index in [1.165, 1.54) is 25.0 Å². The van der Waals surface area contributed by atoms with E-state index in [9.17, 15) is 4.39 Å². The third-order valence-corrected chi connectivity index (χ3v) is 3.83. The average molecular weight is 251 g/mol. The molecule has 0 saturated heterocycles. The molecule has 0 aliphatic heterocycles. The van der Waals surface area contributed by atoms with E-state index in [2.05, 4.69) is 6.92 Å². The highest BCUT2D eigenvalue weighted by molar-refractivity contribution is 5.27. The van der Waals surface area contributed by atoms with E-state index in [1.54, 1.807) is 6.07 Å². The first-order valence-corrected chi connectivity index (χ1v) is 6.78. The summed E-state index contributed by atoms with van der Waals surface area (Å²) in [6.45, 7) is 3.19. The van der Waals surface area contributed by atoms with Gasteiger partial charge in [-0.1, -0.05) is 13.0 Å². The zero-order chi connectivity index (χ0) is 13.0. The van der Waals surface area contributed by atoms with Crippen molar-refractivity contribution in [3.8, 4) is 0 Å². The Hall–Kier alpha value is -0.930. The van der Waals surface area contributed by atoms with E-state index < -0.39 is 0 Å². The van der Waals surface area contributed by atoms with Crippen molar-refractivity contribution < 1.29 is 9.13 Å². The molecule has 0 bridgehead atoms. The van der Waals surface area contributed by atoms with Crippen LogP contribution >= 0.6 is 0 Å². The minimum absolute atomic E-state index is 0.219. The fraction of sp³-hybridized carbons (Fsp3) is 0.600. The Morgan fingerprint density at radius 1 is 1.22 bits per heavy atom. The molecule has 1 fully saturated rings. The summed E-state index contributed by atoms with van der Waals surface area (Å²) >= 11 is 0. The van der Waals surface area contributed by atoms with Crippen LogP contribution in [0, 0.1) is 11.7 Å². The first kappa shape index (κ1) is 13.5. The molecular formula is C15H22FNO. The molecule has 0 radical (unpaired) electrons. The minimum atomic E-state index is -0.219. The molecule has 0 unspecified atom stereocenters. The van der Waals surface area contributed by atoms with Gasteiger partial charge in [-0.3, -0.25) is 0 Å². The SMILES string of the molecule is CC1CCC(OCc2cc(F)ccc2CN)CC1. The molecule has 1 saturated carbocycles. The Morgan fingerprint density at radius 3 is 2.61 bits per heavy atom. The van der Waals surface area contributed by atoms with Gasteiger partial charge in [-0.2, -0.15) is 0 Å². The lowest BCUT2D eigenvalue weighted by Crippen LogP contribution is -2.20. The highest BCUT2D eigenvalue weighted by atomic mass is 19.1. The van der Waals surface area contributed by atoms with Crippen molar-refractivity contribution in [3.63, 3.8) is 0 Å². The topological polar surface area (TPSA) is 35.2 Å². The van der Waals surface area contributed by atoms with Gasteiger partial charge in [0, 0.05) is 6.54 Å². The van der Waals surface area contributed by atoms with Gasteiger partial charge in [0.15, 0.2) is 0 Å². The molecule has 1 aromatic carbocycles. The van der Waals surface area contributed by atoms with Gasteiger partial charge in [-0.25, -0.2) is 4.39 Å². The van der Waals surface area contributed by atoms with Crippen LogP contribution in [0.2, 0.25) is 0 Å². The highest BCUT2D eigenvalue weighted by Crippen LogP contribution is 2.26. The van der Waals surface area contributed by atoms with E-state index in [-0.39, 0.29) is 5.82 Å². The molecule has 0 atom stereocenters. The van der Waals surface area contributed by atoms with Crippen molar-refractivity contribution >= 4 is 0 Å². The third kappa shape index (κ3) is 3.53. The molecule has 18 heavy (non-hydrogen) atoms. The normalized spacial score (nSPS) is 24.2. The molecule has 100 valence electrons. The van der Waals surface area contributed by atoms with Gasteiger partial charge >= 0.3 is 0 Å². The van der Waals surface area contributed by atoms with Crippen LogP contribution in [0.4, 0.5) is 4.39 Å². The number of hydrogen-bond acceptors (Lipinski definition) is 2. The van der Waals surface area contributed by atoms with Crippen LogP contribution in [-0.2, 0) is 17.9 Å². The van der Waals surface area contributed by atoms with Gasteiger partial charge in [0.25, 0.3) is 0 Å². The molecule has 0 aromatic heterocycles. The van der Waals surface area contributed by atoms with Crippen LogP contribution < -0.4 is 5.73 Å². The summed E-state index contributed by atoms with van der Waals surface area (Å²) in [6.07, 6.45) is 5.04. The monoisotopic (exact) mass is 251 g/mol. The van der Waals surface area contributed by atoms with Crippen LogP contribution in [-0.4, -0.2) is 6.10 Å². The quantitative estimate of drug-likeness (QED) is 0.890. The van der Waals surface area contributed by atoms with Crippen molar-refractivity contribution in [2.75, 3.05) is 0 Å². The fourth-order valence-corrected chi connectivity index (χ4v) is 2.53. The smallest absolute Gasteiger partial charge is 0.123 e. The number of nitrogens with two attached hydrogens (primary N) is 1. The van der Waals surface area contributed by atoms with Crippen molar-refractivity contribution in [3.05, 3.63) is 35.1 Å². The van der Waals surface area contributed by atoms with Gasteiger partial charge in [-0.05, 0) is 54.9 Å². The highest BCUT2D eigenvalue weighted by Gasteiger charge is 2.18. The predicted molar refractivity (Wildman–Crippen MR) is 70.5 cm³/mol. The molecule has 1 aliphatic carbocycles. The molecule has 1 aliphatic rings. The van der Waals surface area contributed by atoms with E-state index in [0.717, 1.165) is 29.9 Å². The molecular weight excluding hydrogens is 229 g/mol. The van der Waals surface area contributed by atoms with Crippen LogP contribution in [0.25, 0.3) is 0 Å². The van der Waals surface area contributed by atoms with E-state index in [4.69, 9.17) is 10.5 Å². The van der Waals surface area contributed by atoms with Gasteiger partial charge in [0.05, 0.1) is 12.7 Å². The standard InChI is InChI=1S/C15H22FNO/c1-11-2-6-15(7-3-11)18-10-13-8-14(16)5-4-12(13)9-17/h4-5,8,11,15H,2-3,6-7,9-10,17H2,1H3. The number of rotatable bonds is 4. The van der Waals surface area contributed by atoms with Crippen molar-refractivity contribution in [1.82, 2.24) is 0 Å². The van der Waals surface area contributed by atoms with Crippen molar-refractivity contribution in [2.45, 2.75) is 51.9 Å². The Labute approximate surface area is 108 Å². The summed E-state index contributed by atoms with van der Waals surface area (Å²) in [5.41, 5.74) is 7.51. The summed E-state index contributed by atoms with van der Waals surface area (Å²) in [7, 11) is 0. The maximum absolute atomic E-state index is 13.2. The summed E-state index contributed by atoms with van der Waals surface area (Å²) < 4.78 is 19.1. The molecule has 0 amide bonds. The Bertz CT molecular complexity index is 386. The van der Waals surface area contributed by atoms with Crippen molar-refractivity contribution in [2.24, 2.45) is 11.7 Å². The van der Waals surface area contributed by atoms with Crippen LogP contribution in [0.3, 0.4) is 0 Å². The first-order chi connectivity index (χ1) is 8.69. The zero-order valence-electron chi connectivity index (χ0n) is 11.0. The van der Waals surface area contributed by atoms with Crippen LogP contribution in [0.5, 0.6) is 0 Å². The Morgan fingerprint density at radius 2 is 1.94 bits per heavy atom. The molecule has 2 rings (SSSR count). The lowest BCUT2D eigenvalue weighted by molar-refractivity contribution is 0.00838. The predicted octanol–water partition coefficient (Wildman–Crippen LogP) is 3.38. The van der Waals surface area contributed by atoms with E-state index >= 15 is 0 Å². The molecule has 0 heterocycles.